The zero-order valence-corrected chi connectivity index (χ0v) is 15.7. The molecule has 0 saturated carbocycles. The number of carbonyl (C=O) groups is 2. The van der Waals surface area contributed by atoms with Crippen LogP contribution in [0.25, 0.3) is 11.1 Å². The molecule has 3 rings (SSSR count). The van der Waals surface area contributed by atoms with Crippen molar-refractivity contribution >= 4 is 34.1 Å². The number of rotatable bonds is 6. The summed E-state index contributed by atoms with van der Waals surface area (Å²) in [5, 5.41) is 18.9. The highest BCUT2D eigenvalue weighted by Gasteiger charge is 2.17. The monoisotopic (exact) mass is 412 g/mol. The molecular formula is C20H16N2O6S. The Morgan fingerprint density at radius 2 is 1.48 bits per heavy atom. The number of hydrogen-bond acceptors (Lipinski definition) is 5. The first kappa shape index (κ1) is 19.9. The van der Waals surface area contributed by atoms with Gasteiger partial charge in [-0.25, -0.2) is 17.5 Å². The lowest BCUT2D eigenvalue weighted by atomic mass is 10.0. The lowest BCUT2D eigenvalue weighted by molar-refractivity contribution is 0.0693. The Labute approximate surface area is 167 Å². The number of carboxylic acids is 1. The molecular weight excluding hydrogens is 396 g/mol. The van der Waals surface area contributed by atoms with Gasteiger partial charge in [0.05, 0.1) is 11.4 Å². The second-order valence-corrected chi connectivity index (χ2v) is 6.93. The zero-order chi connectivity index (χ0) is 21.1. The van der Waals surface area contributed by atoms with Gasteiger partial charge in [-0.1, -0.05) is 24.3 Å². The van der Waals surface area contributed by atoms with Crippen LogP contribution < -0.4 is 10.0 Å². The quantitative estimate of drug-likeness (QED) is 0.459. The molecule has 0 aromatic heterocycles. The summed E-state index contributed by atoms with van der Waals surface area (Å²) < 4.78 is 24.8. The summed E-state index contributed by atoms with van der Waals surface area (Å²) in [4.78, 5) is 22.5. The van der Waals surface area contributed by atoms with Crippen LogP contribution in [0.4, 0.5) is 11.4 Å². The van der Waals surface area contributed by atoms with Crippen molar-refractivity contribution in [3.05, 3.63) is 77.9 Å². The van der Waals surface area contributed by atoms with E-state index in [0.29, 0.717) is 16.7 Å². The lowest BCUT2D eigenvalue weighted by Crippen LogP contribution is -2.14. The Morgan fingerprint density at radius 1 is 0.862 bits per heavy atom. The van der Waals surface area contributed by atoms with Crippen LogP contribution in [0.3, 0.4) is 0 Å². The van der Waals surface area contributed by atoms with E-state index in [4.69, 9.17) is 10.8 Å². The van der Waals surface area contributed by atoms with Gasteiger partial charge in [-0.3, -0.25) is 4.79 Å². The number of phenols is 1. The molecule has 0 unspecified atom stereocenters. The van der Waals surface area contributed by atoms with Crippen molar-refractivity contribution in [1.82, 2.24) is 0 Å². The number of anilines is 2. The van der Waals surface area contributed by atoms with Gasteiger partial charge in [-0.05, 0) is 47.5 Å². The van der Waals surface area contributed by atoms with E-state index in [1.807, 2.05) is 0 Å². The van der Waals surface area contributed by atoms with Crippen LogP contribution in [0, 0.1) is 0 Å². The summed E-state index contributed by atoms with van der Waals surface area (Å²) in [6, 6.07) is 16.6. The second-order valence-electron chi connectivity index (χ2n) is 6.05. The summed E-state index contributed by atoms with van der Waals surface area (Å²) >= 11 is 0. The molecule has 0 atom stereocenters. The average Bonchev–Trinajstić information content (AvgIpc) is 2.68. The SMILES string of the molecule is NC(=O)c1cccc(-c2cccc(N(c3ccc(C(=O)O)c(O)c3)[SH](=O)=O)c2)c1. The van der Waals surface area contributed by atoms with Gasteiger partial charge >= 0.3 is 5.97 Å². The number of carboxylic acid groups (broad SMARTS) is 1. The number of primary amides is 1. The number of nitrogens with zero attached hydrogens (tertiary/aromatic N) is 1. The summed E-state index contributed by atoms with van der Waals surface area (Å²) in [7, 11) is -3.15. The lowest BCUT2D eigenvalue weighted by Gasteiger charge is -2.19. The standard InChI is InChI=1S/C20H16N2O6S/c21-19(24)14-5-1-3-12(9-14)13-4-2-6-15(10-13)22(29(27)28)16-7-8-17(20(25)26)18(23)11-16/h1-11,23,29H,(H2,21,24)(H,25,26). The van der Waals surface area contributed by atoms with Crippen molar-refractivity contribution < 1.29 is 28.2 Å². The fraction of sp³-hybridized carbons (Fsp3) is 0. The smallest absolute Gasteiger partial charge is 0.339 e. The van der Waals surface area contributed by atoms with Crippen LogP contribution in [0.1, 0.15) is 20.7 Å². The molecule has 0 radical (unpaired) electrons. The highest BCUT2D eigenvalue weighted by Crippen LogP contribution is 2.33. The molecule has 0 aliphatic rings. The zero-order valence-electron chi connectivity index (χ0n) is 14.9. The molecule has 4 N–H and O–H groups in total. The first-order valence-corrected chi connectivity index (χ1v) is 9.42. The summed E-state index contributed by atoms with van der Waals surface area (Å²) in [5.74, 6) is -2.47. The molecule has 0 fully saturated rings. The Hall–Kier alpha value is -3.85. The number of nitrogens with two attached hydrogens (primary N) is 1. The van der Waals surface area contributed by atoms with Gasteiger partial charge in [0.25, 0.3) is 0 Å². The Balaban J connectivity index is 2.07. The number of thiol groups is 1. The topological polar surface area (TPSA) is 138 Å². The van der Waals surface area contributed by atoms with E-state index < -0.39 is 28.5 Å². The van der Waals surface area contributed by atoms with E-state index >= 15 is 0 Å². The van der Waals surface area contributed by atoms with Gasteiger partial charge in [0.1, 0.15) is 11.3 Å². The second kappa shape index (κ2) is 8.03. The number of carbonyl (C=O) groups excluding carboxylic acids is 1. The molecule has 29 heavy (non-hydrogen) atoms. The maximum absolute atomic E-state index is 11.9. The van der Waals surface area contributed by atoms with Crippen LogP contribution in [-0.2, 0) is 10.9 Å². The first-order chi connectivity index (χ1) is 13.8. The third-order valence-corrected chi connectivity index (χ3v) is 4.98. The predicted molar refractivity (Wildman–Crippen MR) is 108 cm³/mol. The Bertz CT molecular complexity index is 1180. The van der Waals surface area contributed by atoms with Crippen molar-refractivity contribution in [1.29, 1.82) is 0 Å². The third-order valence-electron chi connectivity index (χ3n) is 4.19. The maximum atomic E-state index is 11.9. The van der Waals surface area contributed by atoms with Crippen LogP contribution in [0.15, 0.2) is 66.7 Å². The normalized spacial score (nSPS) is 10.7. The van der Waals surface area contributed by atoms with E-state index in [9.17, 15) is 23.1 Å². The number of hydrogen-bond donors (Lipinski definition) is 4. The molecule has 0 aliphatic heterocycles. The first-order valence-electron chi connectivity index (χ1n) is 8.29. The van der Waals surface area contributed by atoms with Crippen molar-refractivity contribution in [2.24, 2.45) is 5.73 Å². The van der Waals surface area contributed by atoms with E-state index in [2.05, 4.69) is 0 Å². The van der Waals surface area contributed by atoms with Crippen molar-refractivity contribution in [3.8, 4) is 16.9 Å². The molecule has 0 bridgehead atoms. The van der Waals surface area contributed by atoms with E-state index in [1.165, 1.54) is 6.07 Å². The highest BCUT2D eigenvalue weighted by molar-refractivity contribution is 7.74. The van der Waals surface area contributed by atoms with Gasteiger partial charge < -0.3 is 15.9 Å². The van der Waals surface area contributed by atoms with Crippen molar-refractivity contribution in [2.75, 3.05) is 4.31 Å². The van der Waals surface area contributed by atoms with Crippen molar-refractivity contribution in [2.45, 2.75) is 0 Å². The molecule has 9 heteroatoms. The number of aromatic hydroxyl groups is 1. The van der Waals surface area contributed by atoms with Gasteiger partial charge in [0.15, 0.2) is 0 Å². The third kappa shape index (κ3) is 4.19. The molecule has 3 aromatic carbocycles. The number of amides is 1. The molecule has 148 valence electrons. The van der Waals surface area contributed by atoms with Gasteiger partial charge in [0, 0.05) is 11.6 Å². The summed E-state index contributed by atoms with van der Waals surface area (Å²) in [5.41, 5.74) is 6.93. The van der Waals surface area contributed by atoms with Crippen LogP contribution in [0.2, 0.25) is 0 Å². The summed E-state index contributed by atoms with van der Waals surface area (Å²) in [6.07, 6.45) is 0. The number of aromatic carboxylic acids is 1. The average molecular weight is 412 g/mol. The van der Waals surface area contributed by atoms with Crippen LogP contribution >= 0.6 is 0 Å². The van der Waals surface area contributed by atoms with Crippen LogP contribution in [-0.4, -0.2) is 30.5 Å². The largest absolute Gasteiger partial charge is 0.507 e. The molecule has 0 spiro atoms. The van der Waals surface area contributed by atoms with Gasteiger partial charge in [0.2, 0.25) is 16.8 Å². The minimum absolute atomic E-state index is 0.0756. The van der Waals surface area contributed by atoms with E-state index in [1.54, 1.807) is 48.5 Å². The van der Waals surface area contributed by atoms with Gasteiger partial charge in [-0.15, -0.1) is 0 Å². The van der Waals surface area contributed by atoms with Crippen LogP contribution in [0.5, 0.6) is 5.75 Å². The predicted octanol–water partition coefficient (Wildman–Crippen LogP) is 2.52. The maximum Gasteiger partial charge on any atom is 0.339 e. The number of benzene rings is 3. The van der Waals surface area contributed by atoms with E-state index in [-0.39, 0.29) is 16.9 Å². The van der Waals surface area contributed by atoms with E-state index in [0.717, 1.165) is 16.4 Å². The Morgan fingerprint density at radius 3 is 2.07 bits per heavy atom. The minimum atomic E-state index is -3.15. The molecule has 8 nitrogen and oxygen atoms in total. The molecule has 0 saturated heterocycles. The fourth-order valence-corrected chi connectivity index (χ4v) is 3.47. The fourth-order valence-electron chi connectivity index (χ4n) is 2.84. The molecule has 0 heterocycles. The molecule has 1 amide bonds. The summed E-state index contributed by atoms with van der Waals surface area (Å²) in [6.45, 7) is 0. The minimum Gasteiger partial charge on any atom is -0.507 e. The van der Waals surface area contributed by atoms with Gasteiger partial charge in [-0.2, -0.15) is 0 Å². The van der Waals surface area contributed by atoms with Crippen molar-refractivity contribution in [3.63, 3.8) is 0 Å². The Kier molecular flexibility index (Phi) is 5.51. The highest BCUT2D eigenvalue weighted by atomic mass is 32.2. The molecule has 0 aliphatic carbocycles. The molecule has 3 aromatic rings.